The van der Waals surface area contributed by atoms with Gasteiger partial charge in [-0.3, -0.25) is 9.69 Å². The molecule has 0 aliphatic carbocycles. The van der Waals surface area contributed by atoms with Gasteiger partial charge in [-0.1, -0.05) is 42.0 Å². The summed E-state index contributed by atoms with van der Waals surface area (Å²) in [5, 5.41) is 0. The first-order valence-electron chi connectivity index (χ1n) is 11.6. The summed E-state index contributed by atoms with van der Waals surface area (Å²) in [6, 6.07) is 15.2. The van der Waals surface area contributed by atoms with Crippen molar-refractivity contribution in [1.29, 1.82) is 0 Å². The predicted octanol–water partition coefficient (Wildman–Crippen LogP) is 5.04. The molecule has 0 atom stereocenters. The molecule has 1 saturated heterocycles. The Balaban J connectivity index is 1.35. The molecule has 1 aliphatic heterocycles. The Morgan fingerprint density at radius 3 is 2.49 bits per heavy atom. The average molecular weight is 488 g/mol. The highest BCUT2D eigenvalue weighted by molar-refractivity contribution is 6.00. The molecule has 35 heavy (non-hydrogen) atoms. The summed E-state index contributed by atoms with van der Waals surface area (Å²) in [5.74, 6) is 0.931. The highest BCUT2D eigenvalue weighted by atomic mass is 19.4. The van der Waals surface area contributed by atoms with E-state index in [-0.39, 0.29) is 12.5 Å². The molecule has 1 fully saturated rings. The molecule has 4 rings (SSSR count). The third-order valence-electron chi connectivity index (χ3n) is 5.92. The lowest BCUT2D eigenvalue weighted by Crippen LogP contribution is -2.49. The van der Waals surface area contributed by atoms with E-state index in [0.29, 0.717) is 61.9 Å². The van der Waals surface area contributed by atoms with Gasteiger partial charge in [-0.15, -0.1) is 0 Å². The maximum absolute atomic E-state index is 13.3. The number of carbonyl (C=O) groups is 1. The van der Waals surface area contributed by atoms with Crippen molar-refractivity contribution in [3.05, 3.63) is 65.9 Å². The van der Waals surface area contributed by atoms with Gasteiger partial charge in [-0.2, -0.15) is 13.2 Å². The summed E-state index contributed by atoms with van der Waals surface area (Å²) in [6.07, 6.45) is -2.12. The fourth-order valence-corrected chi connectivity index (χ4v) is 4.03. The zero-order chi connectivity index (χ0) is 24.8. The molecule has 0 spiro atoms. The second-order valence-electron chi connectivity index (χ2n) is 8.60. The quantitative estimate of drug-likeness (QED) is 0.417. The van der Waals surface area contributed by atoms with Crippen LogP contribution in [0, 0.1) is 6.92 Å². The lowest BCUT2D eigenvalue weighted by atomic mass is 10.1. The molecule has 3 aromatic rings. The van der Waals surface area contributed by atoms with Gasteiger partial charge in [-0.05, 0) is 25.5 Å². The minimum Gasteiger partial charge on any atom is -0.436 e. The maximum Gasteiger partial charge on any atom is 0.411 e. The summed E-state index contributed by atoms with van der Waals surface area (Å²) in [5.41, 5.74) is 3.23. The Labute approximate surface area is 202 Å². The number of piperazine rings is 1. The predicted molar refractivity (Wildman–Crippen MR) is 126 cm³/mol. The highest BCUT2D eigenvalue weighted by Gasteiger charge is 2.28. The van der Waals surface area contributed by atoms with Crippen molar-refractivity contribution in [2.75, 3.05) is 45.9 Å². The fourth-order valence-electron chi connectivity index (χ4n) is 4.03. The standard InChI is InChI=1S/C26H28F3N3O3/c1-19-7-9-20(10-8-19)23-17-30-24(35-23)21-5-2-3-6-22(21)25(33)32-14-12-31(13-15-32)11-4-16-34-18-26(27,28)29/h2-3,5-10,17H,4,11-16,18H2,1H3. The lowest BCUT2D eigenvalue weighted by molar-refractivity contribution is -0.174. The van der Waals surface area contributed by atoms with Crippen molar-refractivity contribution < 1.29 is 27.1 Å². The summed E-state index contributed by atoms with van der Waals surface area (Å²) >= 11 is 0. The first kappa shape index (κ1) is 24.9. The van der Waals surface area contributed by atoms with Crippen molar-refractivity contribution in [2.24, 2.45) is 0 Å². The van der Waals surface area contributed by atoms with Crippen LogP contribution in [0.4, 0.5) is 13.2 Å². The molecule has 186 valence electrons. The van der Waals surface area contributed by atoms with E-state index in [1.165, 1.54) is 0 Å². The van der Waals surface area contributed by atoms with Crippen LogP contribution in [0.25, 0.3) is 22.8 Å². The molecule has 2 heterocycles. The third kappa shape index (κ3) is 6.70. The first-order valence-corrected chi connectivity index (χ1v) is 11.6. The summed E-state index contributed by atoms with van der Waals surface area (Å²) in [4.78, 5) is 21.7. The molecule has 9 heteroatoms. The summed E-state index contributed by atoms with van der Waals surface area (Å²) in [6.45, 7) is 3.89. The molecule has 1 aromatic heterocycles. The average Bonchev–Trinajstić information content (AvgIpc) is 3.34. The first-order chi connectivity index (χ1) is 16.8. The van der Waals surface area contributed by atoms with Crippen molar-refractivity contribution >= 4 is 5.91 Å². The van der Waals surface area contributed by atoms with Crippen LogP contribution in [0.2, 0.25) is 0 Å². The number of hydrogen-bond acceptors (Lipinski definition) is 5. The Kier molecular flexibility index (Phi) is 7.87. The second kappa shape index (κ2) is 11.0. The Hall–Kier alpha value is -3.17. The van der Waals surface area contributed by atoms with Gasteiger partial charge in [0.25, 0.3) is 5.91 Å². The minimum absolute atomic E-state index is 0.0623. The molecule has 0 unspecified atom stereocenters. The third-order valence-corrected chi connectivity index (χ3v) is 5.92. The minimum atomic E-state index is -4.30. The molecular formula is C26H28F3N3O3. The molecule has 1 aliphatic rings. The van der Waals surface area contributed by atoms with E-state index in [2.05, 4.69) is 14.6 Å². The number of aryl methyl sites for hydroxylation is 1. The molecular weight excluding hydrogens is 459 g/mol. The smallest absolute Gasteiger partial charge is 0.411 e. The number of amides is 1. The molecule has 0 saturated carbocycles. The molecule has 0 N–H and O–H groups in total. The van der Waals surface area contributed by atoms with E-state index in [1.54, 1.807) is 17.2 Å². The number of oxazole rings is 1. The van der Waals surface area contributed by atoms with Gasteiger partial charge in [0, 0.05) is 50.5 Å². The van der Waals surface area contributed by atoms with Gasteiger partial charge in [0.15, 0.2) is 5.76 Å². The number of nitrogens with zero attached hydrogens (tertiary/aromatic N) is 3. The monoisotopic (exact) mass is 487 g/mol. The van der Waals surface area contributed by atoms with Crippen molar-refractivity contribution in [1.82, 2.24) is 14.8 Å². The van der Waals surface area contributed by atoms with Gasteiger partial charge in [0.2, 0.25) is 5.89 Å². The zero-order valence-electron chi connectivity index (χ0n) is 19.6. The Morgan fingerprint density at radius 2 is 1.77 bits per heavy atom. The van der Waals surface area contributed by atoms with E-state index in [0.717, 1.165) is 11.1 Å². The number of aromatic nitrogens is 1. The number of alkyl halides is 3. The SMILES string of the molecule is Cc1ccc(-c2cnc(-c3ccccc3C(=O)N3CCN(CCCOCC(F)(F)F)CC3)o2)cc1. The van der Waals surface area contributed by atoms with Gasteiger partial charge in [0.1, 0.15) is 6.61 Å². The summed E-state index contributed by atoms with van der Waals surface area (Å²) in [7, 11) is 0. The number of carbonyl (C=O) groups excluding carboxylic acids is 1. The molecule has 6 nitrogen and oxygen atoms in total. The molecule has 0 bridgehead atoms. The van der Waals surface area contributed by atoms with Gasteiger partial charge in [0.05, 0.1) is 11.8 Å². The normalized spacial score (nSPS) is 14.9. The second-order valence-corrected chi connectivity index (χ2v) is 8.60. The number of halogens is 3. The zero-order valence-corrected chi connectivity index (χ0v) is 19.6. The van der Waals surface area contributed by atoms with Crippen LogP contribution in [-0.2, 0) is 4.74 Å². The van der Waals surface area contributed by atoms with Crippen LogP contribution in [0.3, 0.4) is 0 Å². The Bertz CT molecular complexity index is 1120. The van der Waals surface area contributed by atoms with Gasteiger partial charge >= 0.3 is 6.18 Å². The van der Waals surface area contributed by atoms with E-state index in [1.807, 2.05) is 49.4 Å². The van der Waals surface area contributed by atoms with E-state index in [9.17, 15) is 18.0 Å². The Morgan fingerprint density at radius 1 is 1.06 bits per heavy atom. The molecule has 1 amide bonds. The summed E-state index contributed by atoms with van der Waals surface area (Å²) < 4.78 is 47.1. The van der Waals surface area contributed by atoms with Crippen LogP contribution in [0.15, 0.2) is 59.1 Å². The van der Waals surface area contributed by atoms with Crippen LogP contribution in [-0.4, -0.2) is 72.8 Å². The fraction of sp³-hybridized carbons (Fsp3) is 0.385. The highest BCUT2D eigenvalue weighted by Crippen LogP contribution is 2.29. The van der Waals surface area contributed by atoms with Crippen LogP contribution in [0.1, 0.15) is 22.3 Å². The van der Waals surface area contributed by atoms with Gasteiger partial charge in [-0.25, -0.2) is 4.98 Å². The van der Waals surface area contributed by atoms with E-state index in [4.69, 9.17) is 4.42 Å². The number of benzene rings is 2. The van der Waals surface area contributed by atoms with Crippen molar-refractivity contribution in [3.8, 4) is 22.8 Å². The largest absolute Gasteiger partial charge is 0.436 e. The van der Waals surface area contributed by atoms with E-state index >= 15 is 0 Å². The van der Waals surface area contributed by atoms with Crippen molar-refractivity contribution in [2.45, 2.75) is 19.5 Å². The van der Waals surface area contributed by atoms with Crippen LogP contribution < -0.4 is 0 Å². The number of ether oxygens (including phenoxy) is 1. The maximum atomic E-state index is 13.3. The van der Waals surface area contributed by atoms with Crippen LogP contribution >= 0.6 is 0 Å². The lowest BCUT2D eigenvalue weighted by Gasteiger charge is -2.35. The number of rotatable bonds is 8. The van der Waals surface area contributed by atoms with Crippen LogP contribution in [0.5, 0.6) is 0 Å². The molecule has 2 aromatic carbocycles. The van der Waals surface area contributed by atoms with Gasteiger partial charge < -0.3 is 14.1 Å². The topological polar surface area (TPSA) is 58.8 Å². The van der Waals surface area contributed by atoms with Crippen molar-refractivity contribution in [3.63, 3.8) is 0 Å². The molecule has 0 radical (unpaired) electrons. The number of hydrogen-bond donors (Lipinski definition) is 0. The van der Waals surface area contributed by atoms with E-state index < -0.39 is 12.8 Å².